The van der Waals surface area contributed by atoms with Gasteiger partial charge in [0.1, 0.15) is 6.61 Å². The van der Waals surface area contributed by atoms with Crippen LogP contribution in [0.15, 0.2) is 18.2 Å². The highest BCUT2D eigenvalue weighted by molar-refractivity contribution is 5.42. The van der Waals surface area contributed by atoms with Gasteiger partial charge in [0, 0.05) is 18.9 Å². The van der Waals surface area contributed by atoms with Crippen molar-refractivity contribution in [3.63, 3.8) is 0 Å². The smallest absolute Gasteiger partial charge is 0.167 e. The van der Waals surface area contributed by atoms with Crippen LogP contribution >= 0.6 is 0 Å². The fourth-order valence-corrected chi connectivity index (χ4v) is 1.09. The molecule has 0 amide bonds. The minimum absolute atomic E-state index is 0.185. The lowest BCUT2D eigenvalue weighted by molar-refractivity contribution is 0.0538. The first kappa shape index (κ1) is 12.7. The molecule has 0 aliphatic rings. The molecule has 4 nitrogen and oxygen atoms in total. The molecule has 0 fully saturated rings. The van der Waals surface area contributed by atoms with Crippen molar-refractivity contribution >= 4 is 5.69 Å². The minimum atomic E-state index is -0.461. The lowest BCUT2D eigenvalue weighted by Crippen LogP contribution is -2.10. The molecule has 0 saturated heterocycles. The van der Waals surface area contributed by atoms with Gasteiger partial charge in [-0.25, -0.2) is 4.39 Å². The normalized spacial score (nSPS) is 10.4. The van der Waals surface area contributed by atoms with Gasteiger partial charge in [-0.15, -0.1) is 0 Å². The summed E-state index contributed by atoms with van der Waals surface area (Å²) in [6.07, 6.45) is 0. The third kappa shape index (κ3) is 4.46. The van der Waals surface area contributed by atoms with E-state index in [-0.39, 0.29) is 5.75 Å². The van der Waals surface area contributed by atoms with E-state index in [0.717, 1.165) is 0 Å². The third-order valence-corrected chi connectivity index (χ3v) is 1.87. The van der Waals surface area contributed by atoms with E-state index in [1.165, 1.54) is 12.1 Å². The van der Waals surface area contributed by atoms with Crippen LogP contribution in [-0.4, -0.2) is 33.5 Å². The number of rotatable bonds is 7. The molecule has 16 heavy (non-hydrogen) atoms. The van der Waals surface area contributed by atoms with Crippen molar-refractivity contribution in [2.45, 2.75) is 0 Å². The van der Waals surface area contributed by atoms with Crippen LogP contribution in [-0.2, 0) is 9.47 Å². The second-order valence-corrected chi connectivity index (χ2v) is 3.14. The van der Waals surface area contributed by atoms with Crippen molar-refractivity contribution in [2.75, 3.05) is 39.3 Å². The van der Waals surface area contributed by atoms with Crippen LogP contribution in [0.2, 0.25) is 0 Å². The van der Waals surface area contributed by atoms with Gasteiger partial charge in [-0.1, -0.05) is 0 Å². The fraction of sp³-hybridized carbons (Fsp3) is 0.455. The average Bonchev–Trinajstić information content (AvgIpc) is 2.26. The molecule has 90 valence electrons. The van der Waals surface area contributed by atoms with Crippen LogP contribution in [0.25, 0.3) is 0 Å². The van der Waals surface area contributed by atoms with Crippen LogP contribution in [0.5, 0.6) is 5.75 Å². The third-order valence-electron chi connectivity index (χ3n) is 1.87. The molecule has 0 aliphatic heterocycles. The summed E-state index contributed by atoms with van der Waals surface area (Å²) in [5.41, 5.74) is 5.78. The Kier molecular flexibility index (Phi) is 5.60. The summed E-state index contributed by atoms with van der Waals surface area (Å²) in [4.78, 5) is 0. The number of hydrogen-bond donors (Lipinski definition) is 1. The van der Waals surface area contributed by atoms with E-state index < -0.39 is 5.82 Å². The Morgan fingerprint density at radius 1 is 1.19 bits per heavy atom. The lowest BCUT2D eigenvalue weighted by Gasteiger charge is -2.08. The van der Waals surface area contributed by atoms with E-state index in [1.54, 1.807) is 13.2 Å². The van der Waals surface area contributed by atoms with Gasteiger partial charge >= 0.3 is 0 Å². The molecule has 0 spiro atoms. The highest BCUT2D eigenvalue weighted by Crippen LogP contribution is 2.18. The fourth-order valence-electron chi connectivity index (χ4n) is 1.09. The van der Waals surface area contributed by atoms with Crippen molar-refractivity contribution in [1.29, 1.82) is 0 Å². The number of methoxy groups -OCH3 is 1. The summed E-state index contributed by atoms with van der Waals surface area (Å²) in [6.45, 7) is 1.73. The predicted molar refractivity (Wildman–Crippen MR) is 59.0 cm³/mol. The zero-order valence-electron chi connectivity index (χ0n) is 9.24. The number of halogens is 1. The van der Waals surface area contributed by atoms with Gasteiger partial charge in [-0.3, -0.25) is 0 Å². The van der Waals surface area contributed by atoms with Gasteiger partial charge in [-0.2, -0.15) is 0 Å². The van der Waals surface area contributed by atoms with E-state index >= 15 is 0 Å². The molecule has 0 bridgehead atoms. The van der Waals surface area contributed by atoms with E-state index in [4.69, 9.17) is 19.9 Å². The van der Waals surface area contributed by atoms with Crippen molar-refractivity contribution in [1.82, 2.24) is 0 Å². The number of ether oxygens (including phenoxy) is 3. The van der Waals surface area contributed by atoms with Crippen LogP contribution in [0.1, 0.15) is 0 Å². The Labute approximate surface area is 94.1 Å². The molecule has 0 aliphatic carbocycles. The average molecular weight is 229 g/mol. The van der Waals surface area contributed by atoms with E-state index in [2.05, 4.69) is 0 Å². The molecule has 0 saturated carbocycles. The Morgan fingerprint density at radius 2 is 1.94 bits per heavy atom. The maximum atomic E-state index is 13.2. The van der Waals surface area contributed by atoms with Crippen molar-refractivity contribution in [3.05, 3.63) is 24.0 Å². The molecule has 1 rings (SSSR count). The quantitative estimate of drug-likeness (QED) is 0.568. The topological polar surface area (TPSA) is 53.7 Å². The Morgan fingerprint density at radius 3 is 2.62 bits per heavy atom. The molecule has 0 heterocycles. The van der Waals surface area contributed by atoms with Crippen molar-refractivity contribution in [2.24, 2.45) is 0 Å². The summed E-state index contributed by atoms with van der Waals surface area (Å²) in [7, 11) is 1.60. The number of nitrogens with two attached hydrogens (primary N) is 1. The predicted octanol–water partition coefficient (Wildman–Crippen LogP) is 1.45. The SMILES string of the molecule is COCCOCCOc1ccc(N)cc1F. The van der Waals surface area contributed by atoms with Gasteiger partial charge in [-0.05, 0) is 12.1 Å². The van der Waals surface area contributed by atoms with Gasteiger partial charge < -0.3 is 19.9 Å². The first-order valence-corrected chi connectivity index (χ1v) is 4.98. The molecular weight excluding hydrogens is 213 g/mol. The molecule has 0 aromatic heterocycles. The summed E-state index contributed by atoms with van der Waals surface area (Å²) in [5, 5.41) is 0. The van der Waals surface area contributed by atoms with Gasteiger partial charge in [0.2, 0.25) is 0 Å². The number of nitrogen functional groups attached to an aromatic ring is 1. The Hall–Kier alpha value is -1.33. The lowest BCUT2D eigenvalue weighted by atomic mass is 10.3. The molecule has 0 unspecified atom stereocenters. The maximum Gasteiger partial charge on any atom is 0.167 e. The summed E-state index contributed by atoms with van der Waals surface area (Å²) >= 11 is 0. The number of anilines is 1. The second-order valence-electron chi connectivity index (χ2n) is 3.14. The molecule has 1 aromatic rings. The molecule has 0 atom stereocenters. The summed E-state index contributed by atoms with van der Waals surface area (Å²) in [5.74, 6) is -0.276. The van der Waals surface area contributed by atoms with E-state index in [0.29, 0.717) is 32.1 Å². The molecule has 0 radical (unpaired) electrons. The molecule has 2 N–H and O–H groups in total. The molecule has 5 heteroatoms. The molecular formula is C11H16FNO3. The van der Waals surface area contributed by atoms with Crippen molar-refractivity contribution < 1.29 is 18.6 Å². The van der Waals surface area contributed by atoms with Gasteiger partial charge in [0.25, 0.3) is 0 Å². The molecule has 1 aromatic carbocycles. The maximum absolute atomic E-state index is 13.2. The largest absolute Gasteiger partial charge is 0.488 e. The first-order valence-electron chi connectivity index (χ1n) is 4.98. The first-order chi connectivity index (χ1) is 7.74. The van der Waals surface area contributed by atoms with Crippen LogP contribution in [0.4, 0.5) is 10.1 Å². The highest BCUT2D eigenvalue weighted by Gasteiger charge is 2.02. The Bertz CT molecular complexity index is 320. The van der Waals surface area contributed by atoms with E-state index in [1.807, 2.05) is 0 Å². The minimum Gasteiger partial charge on any atom is -0.488 e. The number of hydrogen-bond acceptors (Lipinski definition) is 4. The zero-order valence-corrected chi connectivity index (χ0v) is 9.24. The number of benzene rings is 1. The Balaban J connectivity index is 2.21. The van der Waals surface area contributed by atoms with E-state index in [9.17, 15) is 4.39 Å². The highest BCUT2D eigenvalue weighted by atomic mass is 19.1. The van der Waals surface area contributed by atoms with Crippen LogP contribution < -0.4 is 10.5 Å². The van der Waals surface area contributed by atoms with Gasteiger partial charge in [0.15, 0.2) is 11.6 Å². The van der Waals surface area contributed by atoms with Crippen molar-refractivity contribution in [3.8, 4) is 5.75 Å². The summed E-state index contributed by atoms with van der Waals surface area (Å²) in [6, 6.07) is 4.31. The van der Waals surface area contributed by atoms with Crippen LogP contribution in [0, 0.1) is 5.82 Å². The van der Waals surface area contributed by atoms with Gasteiger partial charge in [0.05, 0.1) is 19.8 Å². The van der Waals surface area contributed by atoms with Crippen LogP contribution in [0.3, 0.4) is 0 Å². The second kappa shape index (κ2) is 7.03. The zero-order chi connectivity index (χ0) is 11.8. The monoisotopic (exact) mass is 229 g/mol. The summed E-state index contributed by atoms with van der Waals surface area (Å²) < 4.78 is 28.4. The standard InChI is InChI=1S/C11H16FNO3/c1-14-4-5-15-6-7-16-11-3-2-9(13)8-10(11)12/h2-3,8H,4-7,13H2,1H3.